The maximum Gasteiger partial charge on any atom is 0.417 e. The third-order valence-electron chi connectivity index (χ3n) is 6.55. The Bertz CT molecular complexity index is 1540. The van der Waals surface area contributed by atoms with Crippen molar-refractivity contribution in [2.75, 3.05) is 19.4 Å². The van der Waals surface area contributed by atoms with E-state index in [4.69, 9.17) is 10.5 Å². The Labute approximate surface area is 205 Å². The summed E-state index contributed by atoms with van der Waals surface area (Å²) in [7, 11) is 1.28. The lowest BCUT2D eigenvalue weighted by Crippen LogP contribution is -2.38. The second-order valence-corrected chi connectivity index (χ2v) is 8.78. The highest BCUT2D eigenvalue weighted by atomic mass is 19.4. The molecule has 2 N–H and O–H groups in total. The van der Waals surface area contributed by atoms with Gasteiger partial charge in [0.05, 0.1) is 59.0 Å². The van der Waals surface area contributed by atoms with Crippen LogP contribution in [-0.2, 0) is 17.1 Å². The van der Waals surface area contributed by atoms with Gasteiger partial charge < -0.3 is 15.4 Å². The van der Waals surface area contributed by atoms with Crippen LogP contribution in [0.4, 0.5) is 32.2 Å². The quantitative estimate of drug-likeness (QED) is 0.356. The van der Waals surface area contributed by atoms with Crippen molar-refractivity contribution in [3.8, 4) is 0 Å². The lowest BCUT2D eigenvalue weighted by Gasteiger charge is -2.36. The number of aromatic nitrogens is 3. The summed E-state index contributed by atoms with van der Waals surface area (Å²) in [6.07, 6.45) is -7.47. The van der Waals surface area contributed by atoms with Gasteiger partial charge in [-0.3, -0.25) is 9.20 Å². The van der Waals surface area contributed by atoms with Crippen molar-refractivity contribution in [1.29, 1.82) is 0 Å². The number of anilines is 1. The Morgan fingerprint density at radius 3 is 2.49 bits per heavy atom. The van der Waals surface area contributed by atoms with Crippen LogP contribution in [0.15, 0.2) is 42.9 Å². The lowest BCUT2D eigenvalue weighted by atomic mass is 9.91. The Hall–Kier alpha value is -3.87. The second kappa shape index (κ2) is 8.33. The van der Waals surface area contributed by atoms with Gasteiger partial charge in [0.1, 0.15) is 11.3 Å². The van der Waals surface area contributed by atoms with Crippen molar-refractivity contribution >= 4 is 28.3 Å². The van der Waals surface area contributed by atoms with E-state index < -0.39 is 47.1 Å². The van der Waals surface area contributed by atoms with Crippen LogP contribution in [0.2, 0.25) is 0 Å². The number of halogens is 6. The molecule has 13 heteroatoms. The number of hydrogen-bond donors (Lipinski definition) is 1. The molecule has 0 saturated carbocycles. The number of ether oxygens (including phenoxy) is 1. The predicted molar refractivity (Wildman–Crippen MR) is 121 cm³/mol. The number of nitrogens with zero attached hydrogens (tertiary/aromatic N) is 4. The monoisotopic (exact) mass is 523 g/mol. The van der Waals surface area contributed by atoms with Crippen molar-refractivity contribution in [3.63, 3.8) is 0 Å². The van der Waals surface area contributed by atoms with Gasteiger partial charge in [0.25, 0.3) is 5.91 Å². The summed E-state index contributed by atoms with van der Waals surface area (Å²) in [5, 5.41) is 0. The summed E-state index contributed by atoms with van der Waals surface area (Å²) in [5.41, 5.74) is 4.10. The number of nitrogen functional groups attached to an aromatic ring is 1. The van der Waals surface area contributed by atoms with Crippen LogP contribution >= 0.6 is 0 Å². The molecule has 1 aliphatic rings. The average Bonchev–Trinajstić information content (AvgIpc) is 3.33. The molecule has 5 rings (SSSR count). The molecule has 0 aliphatic carbocycles. The van der Waals surface area contributed by atoms with Gasteiger partial charge in [0, 0.05) is 7.05 Å². The molecule has 2 atom stereocenters. The molecule has 0 spiro atoms. The van der Waals surface area contributed by atoms with E-state index in [1.54, 1.807) is 6.92 Å². The van der Waals surface area contributed by atoms with Crippen LogP contribution in [0.1, 0.15) is 51.7 Å². The number of amides is 1. The Kier molecular flexibility index (Phi) is 5.59. The number of benzene rings is 2. The molecular weight excluding hydrogens is 504 g/mol. The zero-order valence-electron chi connectivity index (χ0n) is 19.4. The van der Waals surface area contributed by atoms with E-state index in [1.807, 2.05) is 0 Å². The molecule has 0 saturated heterocycles. The first-order valence-electron chi connectivity index (χ1n) is 11.0. The number of alkyl halides is 6. The van der Waals surface area contributed by atoms with Crippen LogP contribution in [0.25, 0.3) is 16.6 Å². The van der Waals surface area contributed by atoms with E-state index in [-0.39, 0.29) is 29.0 Å². The van der Waals surface area contributed by atoms with E-state index in [2.05, 4.69) is 9.97 Å². The van der Waals surface area contributed by atoms with Crippen molar-refractivity contribution in [2.45, 2.75) is 31.4 Å². The summed E-state index contributed by atoms with van der Waals surface area (Å²) in [5.74, 6) is -1.02. The highest BCUT2D eigenvalue weighted by molar-refractivity contribution is 6.00. The molecule has 2 aromatic heterocycles. The zero-order chi connectivity index (χ0) is 26.9. The van der Waals surface area contributed by atoms with Gasteiger partial charge in [0.2, 0.25) is 0 Å². The minimum atomic E-state index is -4.91. The van der Waals surface area contributed by atoms with Crippen molar-refractivity contribution in [2.24, 2.45) is 0 Å². The van der Waals surface area contributed by atoms with Crippen LogP contribution in [0.3, 0.4) is 0 Å². The van der Waals surface area contributed by atoms with Gasteiger partial charge in [-0.15, -0.1) is 0 Å². The maximum absolute atomic E-state index is 14.1. The fourth-order valence-corrected chi connectivity index (χ4v) is 4.61. The SMILES string of the molecule is C[C@H]1OC[C@@H](N(C)C(=O)c2cc3c(cc2C(F)(F)F)nc(N)c2cncn23)c2ccc(C(F)(F)F)cc21. The first-order chi connectivity index (χ1) is 17.3. The summed E-state index contributed by atoms with van der Waals surface area (Å²) in [6.45, 7) is 1.46. The third kappa shape index (κ3) is 4.12. The molecule has 1 amide bonds. The van der Waals surface area contributed by atoms with Crippen LogP contribution < -0.4 is 5.73 Å². The standard InChI is InChI=1S/C24H19F6N5O2/c1-11-14-5-12(23(25,26)27)3-4-13(14)20(9-37-11)34(2)22(36)15-6-18-17(7-16(15)24(28,29)30)33-21(31)19-8-32-10-35(18)19/h3-8,10-11,20H,9H2,1-2H3,(H2,31,33)/t11-,20-/m1/s1. The van der Waals surface area contributed by atoms with Crippen LogP contribution in [0.5, 0.6) is 0 Å². The number of carbonyl (C=O) groups is 1. The molecule has 194 valence electrons. The van der Waals surface area contributed by atoms with Crippen LogP contribution in [0, 0.1) is 0 Å². The first kappa shape index (κ1) is 24.8. The molecule has 0 fully saturated rings. The predicted octanol–water partition coefficient (Wildman–Crippen LogP) is 5.41. The molecule has 1 aliphatic heterocycles. The Morgan fingerprint density at radius 2 is 1.81 bits per heavy atom. The number of hydrogen-bond acceptors (Lipinski definition) is 5. The minimum Gasteiger partial charge on any atom is -0.382 e. The van der Waals surface area contributed by atoms with Crippen molar-refractivity contribution < 1.29 is 35.9 Å². The normalized spacial score (nSPS) is 18.3. The molecule has 0 bridgehead atoms. The van der Waals surface area contributed by atoms with Gasteiger partial charge in [-0.1, -0.05) is 6.07 Å². The van der Waals surface area contributed by atoms with Gasteiger partial charge in [-0.05, 0) is 42.3 Å². The van der Waals surface area contributed by atoms with E-state index in [0.29, 0.717) is 11.1 Å². The molecule has 2 aromatic carbocycles. The molecule has 0 radical (unpaired) electrons. The molecule has 0 unspecified atom stereocenters. The molecular formula is C24H19F6N5O2. The summed E-state index contributed by atoms with van der Waals surface area (Å²) >= 11 is 0. The lowest BCUT2D eigenvalue weighted by molar-refractivity contribution is -0.138. The Balaban J connectivity index is 1.63. The third-order valence-corrected chi connectivity index (χ3v) is 6.55. The van der Waals surface area contributed by atoms with E-state index in [1.165, 1.54) is 30.0 Å². The fraction of sp³-hybridized carbons (Fsp3) is 0.292. The van der Waals surface area contributed by atoms with Crippen molar-refractivity contribution in [1.82, 2.24) is 19.3 Å². The number of imidazole rings is 1. The van der Waals surface area contributed by atoms with Gasteiger partial charge >= 0.3 is 12.4 Å². The van der Waals surface area contributed by atoms with Gasteiger partial charge in [0.15, 0.2) is 0 Å². The number of likely N-dealkylation sites (N-methyl/N-ethyl adjacent to an activating group) is 1. The summed E-state index contributed by atoms with van der Waals surface area (Å²) < 4.78 is 89.0. The largest absolute Gasteiger partial charge is 0.417 e. The number of nitrogens with two attached hydrogens (primary N) is 1. The molecule has 3 heterocycles. The fourth-order valence-electron chi connectivity index (χ4n) is 4.61. The molecule has 37 heavy (non-hydrogen) atoms. The molecule has 4 aromatic rings. The number of fused-ring (bicyclic) bond motifs is 4. The first-order valence-corrected chi connectivity index (χ1v) is 11.0. The van der Waals surface area contributed by atoms with E-state index in [0.717, 1.165) is 29.2 Å². The summed E-state index contributed by atoms with van der Waals surface area (Å²) in [4.78, 5) is 22.6. The van der Waals surface area contributed by atoms with Crippen LogP contribution in [-0.4, -0.2) is 38.8 Å². The smallest absolute Gasteiger partial charge is 0.382 e. The molecule has 7 nitrogen and oxygen atoms in total. The maximum atomic E-state index is 14.1. The van der Waals surface area contributed by atoms with Gasteiger partial charge in [-0.25, -0.2) is 9.97 Å². The zero-order valence-corrected chi connectivity index (χ0v) is 19.4. The Morgan fingerprint density at radius 1 is 1.08 bits per heavy atom. The highest BCUT2D eigenvalue weighted by Gasteiger charge is 2.40. The topological polar surface area (TPSA) is 85.8 Å². The number of carbonyl (C=O) groups excluding carboxylic acids is 1. The van der Waals surface area contributed by atoms with Crippen molar-refractivity contribution in [3.05, 3.63) is 70.7 Å². The van der Waals surface area contributed by atoms with Gasteiger partial charge in [-0.2, -0.15) is 26.3 Å². The number of rotatable bonds is 2. The van der Waals surface area contributed by atoms with E-state index >= 15 is 0 Å². The highest BCUT2D eigenvalue weighted by Crippen LogP contribution is 2.41. The average molecular weight is 523 g/mol. The minimum absolute atomic E-state index is 0.0300. The second-order valence-electron chi connectivity index (χ2n) is 8.78. The van der Waals surface area contributed by atoms with E-state index in [9.17, 15) is 31.1 Å². The summed E-state index contributed by atoms with van der Waals surface area (Å²) in [6, 6.07) is 3.94.